The van der Waals surface area contributed by atoms with Crippen LogP contribution in [0.4, 0.5) is 0 Å². The Bertz CT molecular complexity index is 888. The van der Waals surface area contributed by atoms with Gasteiger partial charge in [0.2, 0.25) is 0 Å². The van der Waals surface area contributed by atoms with Gasteiger partial charge in [0.1, 0.15) is 17.2 Å². The van der Waals surface area contributed by atoms with E-state index in [1.165, 1.54) is 18.4 Å². The summed E-state index contributed by atoms with van der Waals surface area (Å²) < 4.78 is 16.6. The third kappa shape index (κ3) is 4.19. The second-order valence-electron chi connectivity index (χ2n) is 7.42. The average molecular weight is 396 g/mol. The summed E-state index contributed by atoms with van der Waals surface area (Å²) in [6, 6.07) is 3.80. The molecule has 0 bridgehead atoms. The molecule has 1 aromatic heterocycles. The van der Waals surface area contributed by atoms with Crippen molar-refractivity contribution in [2.24, 2.45) is 4.99 Å². The molecule has 2 aliphatic rings. The van der Waals surface area contributed by atoms with Gasteiger partial charge in [0.15, 0.2) is 5.82 Å². The van der Waals surface area contributed by atoms with E-state index in [-0.39, 0.29) is 0 Å². The van der Waals surface area contributed by atoms with E-state index >= 15 is 0 Å². The minimum Gasteiger partial charge on any atom is -0.496 e. The summed E-state index contributed by atoms with van der Waals surface area (Å²) in [5.41, 5.74) is 4.42. The van der Waals surface area contributed by atoms with Crippen LogP contribution in [0.25, 0.3) is 0 Å². The highest BCUT2D eigenvalue weighted by Crippen LogP contribution is 2.35. The molecule has 4 rings (SSSR count). The Morgan fingerprint density at radius 2 is 1.79 bits per heavy atom. The summed E-state index contributed by atoms with van der Waals surface area (Å²) in [7, 11) is 4.99. The molecule has 0 aliphatic carbocycles. The first-order valence-electron chi connectivity index (χ1n) is 10.1. The van der Waals surface area contributed by atoms with Gasteiger partial charge >= 0.3 is 0 Å². The molecule has 154 valence electrons. The van der Waals surface area contributed by atoms with E-state index in [1.54, 1.807) is 21.3 Å². The third-order valence-electron chi connectivity index (χ3n) is 5.59. The van der Waals surface area contributed by atoms with Crippen molar-refractivity contribution in [3.63, 3.8) is 0 Å². The van der Waals surface area contributed by atoms with Gasteiger partial charge in [-0.2, -0.15) is 0 Å². The lowest BCUT2D eigenvalue weighted by Gasteiger charge is -2.29. The summed E-state index contributed by atoms with van der Waals surface area (Å²) in [5.74, 6) is 3.08. The van der Waals surface area contributed by atoms with Crippen molar-refractivity contribution in [2.45, 2.75) is 38.8 Å². The maximum absolute atomic E-state index is 5.60. The first-order valence-corrected chi connectivity index (χ1v) is 10.1. The van der Waals surface area contributed by atoms with Gasteiger partial charge in [0.05, 0.1) is 38.3 Å². The van der Waals surface area contributed by atoms with Crippen molar-refractivity contribution in [3.8, 4) is 17.2 Å². The van der Waals surface area contributed by atoms with Crippen LogP contribution in [0.1, 0.15) is 41.9 Å². The van der Waals surface area contributed by atoms with E-state index in [2.05, 4.69) is 14.9 Å². The molecule has 1 aromatic carbocycles. The van der Waals surface area contributed by atoms with Crippen molar-refractivity contribution in [1.29, 1.82) is 0 Å². The van der Waals surface area contributed by atoms with Crippen LogP contribution in [0.2, 0.25) is 0 Å². The van der Waals surface area contributed by atoms with E-state index in [4.69, 9.17) is 19.2 Å². The van der Waals surface area contributed by atoms with Crippen LogP contribution in [0, 0.1) is 0 Å². The number of aromatic nitrogens is 2. The van der Waals surface area contributed by atoms with Crippen LogP contribution >= 0.6 is 0 Å². The van der Waals surface area contributed by atoms with Crippen LogP contribution in [0.3, 0.4) is 0 Å². The topological polar surface area (TPSA) is 69.1 Å². The number of nitrogens with zero attached hydrogens (tertiary/aromatic N) is 4. The lowest BCUT2D eigenvalue weighted by molar-refractivity contribution is 0.234. The average Bonchev–Trinajstić information content (AvgIpc) is 2.79. The molecule has 0 fully saturated rings. The number of hydrogen-bond acceptors (Lipinski definition) is 7. The summed E-state index contributed by atoms with van der Waals surface area (Å²) in [4.78, 5) is 16.4. The Kier molecular flexibility index (Phi) is 5.94. The SMILES string of the molecule is COc1cc(OC)c(CN2CCc3nc(C4=NCCCC4)ncc3C2)c(OC)c1. The first-order chi connectivity index (χ1) is 14.2. The highest BCUT2D eigenvalue weighted by Gasteiger charge is 2.23. The van der Waals surface area contributed by atoms with Crippen molar-refractivity contribution in [1.82, 2.24) is 14.9 Å². The standard InChI is InChI=1S/C22H28N4O3/c1-27-16-10-20(28-2)17(21(11-16)29-3)14-26-9-7-18-15(13-26)12-24-22(25-18)19-6-4-5-8-23-19/h10-12H,4-9,13-14H2,1-3H3. The van der Waals surface area contributed by atoms with Crippen molar-refractivity contribution < 1.29 is 14.2 Å². The molecule has 2 aromatic rings. The summed E-state index contributed by atoms with van der Waals surface area (Å²) in [5, 5.41) is 0. The van der Waals surface area contributed by atoms with Gasteiger partial charge in [0.25, 0.3) is 0 Å². The number of aliphatic imine (C=N–C) groups is 1. The lowest BCUT2D eigenvalue weighted by atomic mass is 10.0. The highest BCUT2D eigenvalue weighted by molar-refractivity contribution is 5.97. The van der Waals surface area contributed by atoms with E-state index in [9.17, 15) is 0 Å². The Balaban J connectivity index is 1.53. The molecular weight excluding hydrogens is 368 g/mol. The largest absolute Gasteiger partial charge is 0.496 e. The summed E-state index contributed by atoms with van der Waals surface area (Å²) >= 11 is 0. The molecule has 0 atom stereocenters. The van der Waals surface area contributed by atoms with Crippen molar-refractivity contribution >= 4 is 5.71 Å². The predicted octanol–water partition coefficient (Wildman–Crippen LogP) is 3.03. The number of fused-ring (bicyclic) bond motifs is 1. The molecule has 0 N–H and O–H groups in total. The Morgan fingerprint density at radius 1 is 1.00 bits per heavy atom. The van der Waals surface area contributed by atoms with Crippen LogP contribution in [0.15, 0.2) is 23.3 Å². The molecule has 0 amide bonds. The smallest absolute Gasteiger partial charge is 0.173 e. The zero-order valence-corrected chi connectivity index (χ0v) is 17.4. The quantitative estimate of drug-likeness (QED) is 0.748. The van der Waals surface area contributed by atoms with E-state index < -0.39 is 0 Å². The van der Waals surface area contributed by atoms with Gasteiger partial charge in [-0.05, 0) is 19.3 Å². The molecule has 0 spiro atoms. The molecule has 0 radical (unpaired) electrons. The lowest BCUT2D eigenvalue weighted by Crippen LogP contribution is -2.31. The number of rotatable bonds is 6. The molecule has 0 saturated carbocycles. The number of methoxy groups -OCH3 is 3. The van der Waals surface area contributed by atoms with Crippen LogP contribution in [-0.4, -0.2) is 55.0 Å². The Labute approximate surface area is 171 Å². The van der Waals surface area contributed by atoms with Crippen LogP contribution in [0.5, 0.6) is 17.2 Å². The normalized spacial score (nSPS) is 16.7. The van der Waals surface area contributed by atoms with Crippen molar-refractivity contribution in [3.05, 3.63) is 41.0 Å². The van der Waals surface area contributed by atoms with Gasteiger partial charge < -0.3 is 14.2 Å². The number of benzene rings is 1. The summed E-state index contributed by atoms with van der Waals surface area (Å²) in [6.45, 7) is 3.36. The maximum Gasteiger partial charge on any atom is 0.173 e. The second-order valence-corrected chi connectivity index (χ2v) is 7.42. The van der Waals surface area contributed by atoms with E-state index in [0.29, 0.717) is 0 Å². The van der Waals surface area contributed by atoms with Crippen LogP contribution in [-0.2, 0) is 19.5 Å². The van der Waals surface area contributed by atoms with Gasteiger partial charge in [-0.1, -0.05) is 0 Å². The first kappa shape index (κ1) is 19.6. The fourth-order valence-electron chi connectivity index (χ4n) is 3.99. The zero-order chi connectivity index (χ0) is 20.2. The maximum atomic E-state index is 5.60. The molecule has 7 nitrogen and oxygen atoms in total. The van der Waals surface area contributed by atoms with Crippen LogP contribution < -0.4 is 14.2 Å². The van der Waals surface area contributed by atoms with E-state index in [1.807, 2.05) is 18.3 Å². The fraction of sp³-hybridized carbons (Fsp3) is 0.500. The highest BCUT2D eigenvalue weighted by atomic mass is 16.5. The monoisotopic (exact) mass is 396 g/mol. The minimum absolute atomic E-state index is 0.720. The third-order valence-corrected chi connectivity index (χ3v) is 5.59. The van der Waals surface area contributed by atoms with Gasteiger partial charge in [0, 0.05) is 56.5 Å². The molecular formula is C22H28N4O3. The molecule has 29 heavy (non-hydrogen) atoms. The van der Waals surface area contributed by atoms with Gasteiger partial charge in [-0.25, -0.2) is 9.97 Å². The summed E-state index contributed by atoms with van der Waals surface area (Å²) in [6.07, 6.45) is 6.21. The van der Waals surface area contributed by atoms with E-state index in [0.717, 1.165) is 79.1 Å². The fourth-order valence-corrected chi connectivity index (χ4v) is 3.99. The minimum atomic E-state index is 0.720. The zero-order valence-electron chi connectivity index (χ0n) is 17.4. The second kappa shape index (κ2) is 8.78. The van der Waals surface area contributed by atoms with Gasteiger partial charge in [-0.3, -0.25) is 9.89 Å². The van der Waals surface area contributed by atoms with Gasteiger partial charge in [-0.15, -0.1) is 0 Å². The Morgan fingerprint density at radius 3 is 2.45 bits per heavy atom. The molecule has 3 heterocycles. The number of hydrogen-bond donors (Lipinski definition) is 0. The predicted molar refractivity (Wildman–Crippen MR) is 111 cm³/mol. The molecule has 2 aliphatic heterocycles. The molecule has 0 saturated heterocycles. The molecule has 0 unspecified atom stereocenters. The Hall–Kier alpha value is -2.67. The molecule has 7 heteroatoms. The van der Waals surface area contributed by atoms with Crippen molar-refractivity contribution in [2.75, 3.05) is 34.4 Å². The number of ether oxygens (including phenoxy) is 3.